The summed E-state index contributed by atoms with van der Waals surface area (Å²) in [6, 6.07) is 0. The molecule has 0 aromatic rings. The zero-order chi connectivity index (χ0) is 7.35. The first kappa shape index (κ1) is 6.51. The Balaban J connectivity index is 2.10. The average Bonchev–Trinajstić information content (AvgIpc) is 2.38. The SMILES string of the molecule is O=S(=O)(F)N1C[C@@H]2O[C@@H]2C1. The van der Waals surface area contributed by atoms with Crippen LogP contribution in [0, 0.1) is 0 Å². The van der Waals surface area contributed by atoms with Crippen LogP contribution in [0.2, 0.25) is 0 Å². The number of halogens is 1. The standard InChI is InChI=1S/C4H6FNO3S/c5-10(7,8)6-1-3-4(2-6)9-3/h3-4H,1-2H2/t3-,4+. The molecule has 2 heterocycles. The lowest BCUT2D eigenvalue weighted by molar-refractivity contribution is 0.266. The van der Waals surface area contributed by atoms with E-state index >= 15 is 0 Å². The van der Waals surface area contributed by atoms with Gasteiger partial charge in [0.1, 0.15) is 0 Å². The number of hydrogen-bond acceptors (Lipinski definition) is 3. The molecule has 2 aliphatic rings. The number of ether oxygens (including phenoxy) is 1. The Kier molecular flexibility index (Phi) is 1.10. The van der Waals surface area contributed by atoms with Gasteiger partial charge >= 0.3 is 10.4 Å². The van der Waals surface area contributed by atoms with Gasteiger partial charge in [0, 0.05) is 13.1 Å². The summed E-state index contributed by atoms with van der Waals surface area (Å²) < 4.78 is 38.2. The molecule has 2 rings (SSSR count). The summed E-state index contributed by atoms with van der Waals surface area (Å²) in [6.45, 7) is 0.368. The molecule has 0 aromatic carbocycles. The van der Waals surface area contributed by atoms with Gasteiger partial charge < -0.3 is 4.74 Å². The molecule has 2 saturated heterocycles. The third kappa shape index (κ3) is 0.920. The van der Waals surface area contributed by atoms with E-state index in [4.69, 9.17) is 4.74 Å². The number of hydrogen-bond donors (Lipinski definition) is 0. The Morgan fingerprint density at radius 2 is 1.90 bits per heavy atom. The fourth-order valence-corrected chi connectivity index (χ4v) is 1.80. The summed E-state index contributed by atoms with van der Waals surface area (Å²) in [5, 5.41) is 0. The number of morpholine rings is 1. The highest BCUT2D eigenvalue weighted by molar-refractivity contribution is 7.84. The molecular formula is C4H6FNO3S. The number of rotatable bonds is 1. The first-order valence-corrected chi connectivity index (χ1v) is 4.26. The molecule has 0 aliphatic carbocycles. The maximum Gasteiger partial charge on any atom is 0.374 e. The smallest absolute Gasteiger partial charge is 0.367 e. The van der Waals surface area contributed by atoms with E-state index in [0.717, 1.165) is 4.31 Å². The van der Waals surface area contributed by atoms with Crippen LogP contribution in [0.4, 0.5) is 3.89 Å². The average molecular weight is 167 g/mol. The van der Waals surface area contributed by atoms with Gasteiger partial charge in [-0.25, -0.2) is 0 Å². The lowest BCUT2D eigenvalue weighted by Crippen LogP contribution is -2.28. The molecule has 58 valence electrons. The molecular weight excluding hydrogens is 161 g/mol. The second-order valence-corrected chi connectivity index (χ2v) is 3.81. The fraction of sp³-hybridized carbons (Fsp3) is 1.00. The Morgan fingerprint density at radius 1 is 1.40 bits per heavy atom. The molecule has 2 fully saturated rings. The molecule has 0 bridgehead atoms. The molecule has 6 heteroatoms. The zero-order valence-electron chi connectivity index (χ0n) is 5.03. The quantitative estimate of drug-likeness (QED) is 0.382. The molecule has 4 nitrogen and oxygen atoms in total. The van der Waals surface area contributed by atoms with Gasteiger partial charge in [0.2, 0.25) is 0 Å². The molecule has 0 aromatic heterocycles. The van der Waals surface area contributed by atoms with Crippen LogP contribution in [0.5, 0.6) is 0 Å². The van der Waals surface area contributed by atoms with Crippen LogP contribution < -0.4 is 0 Å². The molecule has 2 aliphatic heterocycles. The lowest BCUT2D eigenvalue weighted by atomic mass is 10.4. The van der Waals surface area contributed by atoms with E-state index in [-0.39, 0.29) is 25.3 Å². The molecule has 0 saturated carbocycles. The van der Waals surface area contributed by atoms with Gasteiger partial charge in [0.05, 0.1) is 12.2 Å². The second kappa shape index (κ2) is 1.69. The van der Waals surface area contributed by atoms with Crippen molar-refractivity contribution in [3.05, 3.63) is 0 Å². The molecule has 0 spiro atoms. The summed E-state index contributed by atoms with van der Waals surface area (Å²) in [5.74, 6) is 0. The second-order valence-electron chi connectivity index (χ2n) is 2.47. The Bertz CT molecular complexity index is 241. The third-order valence-corrected chi connectivity index (χ3v) is 2.68. The highest BCUT2D eigenvalue weighted by Gasteiger charge is 2.50. The van der Waals surface area contributed by atoms with Crippen molar-refractivity contribution in [2.24, 2.45) is 0 Å². The van der Waals surface area contributed by atoms with E-state index in [9.17, 15) is 12.3 Å². The Labute approximate surface area is 57.9 Å². The number of nitrogens with zero attached hydrogens (tertiary/aromatic N) is 1. The fourth-order valence-electron chi connectivity index (χ4n) is 1.15. The Hall–Kier alpha value is -0.200. The van der Waals surface area contributed by atoms with Crippen LogP contribution in [-0.4, -0.2) is 38.0 Å². The van der Waals surface area contributed by atoms with Gasteiger partial charge in [0.15, 0.2) is 0 Å². The van der Waals surface area contributed by atoms with Crippen molar-refractivity contribution in [2.75, 3.05) is 13.1 Å². The van der Waals surface area contributed by atoms with Gasteiger partial charge in [-0.05, 0) is 0 Å². The first-order valence-electron chi connectivity index (χ1n) is 2.92. The van der Waals surface area contributed by atoms with Crippen LogP contribution in [-0.2, 0) is 15.1 Å². The van der Waals surface area contributed by atoms with Gasteiger partial charge in [-0.1, -0.05) is 3.89 Å². The summed E-state index contributed by atoms with van der Waals surface area (Å²) in [4.78, 5) is 0. The van der Waals surface area contributed by atoms with Crippen molar-refractivity contribution in [3.63, 3.8) is 0 Å². The van der Waals surface area contributed by atoms with Crippen LogP contribution in [0.1, 0.15) is 0 Å². The highest BCUT2D eigenvalue weighted by atomic mass is 32.3. The predicted molar refractivity (Wildman–Crippen MR) is 30.3 cm³/mol. The molecule has 0 radical (unpaired) electrons. The van der Waals surface area contributed by atoms with Crippen molar-refractivity contribution in [1.29, 1.82) is 0 Å². The molecule has 0 unspecified atom stereocenters. The van der Waals surface area contributed by atoms with Gasteiger partial charge in [-0.2, -0.15) is 12.7 Å². The minimum absolute atomic E-state index is 0.0366. The minimum atomic E-state index is -4.45. The van der Waals surface area contributed by atoms with Crippen molar-refractivity contribution >= 4 is 10.4 Å². The van der Waals surface area contributed by atoms with Crippen LogP contribution in [0.3, 0.4) is 0 Å². The van der Waals surface area contributed by atoms with Gasteiger partial charge in [-0.15, -0.1) is 0 Å². The summed E-state index contributed by atoms with van der Waals surface area (Å²) in [6.07, 6.45) is -0.0731. The maximum atomic E-state index is 12.1. The summed E-state index contributed by atoms with van der Waals surface area (Å²) in [5.41, 5.74) is 0. The van der Waals surface area contributed by atoms with Crippen LogP contribution in [0.15, 0.2) is 0 Å². The number of epoxide rings is 1. The van der Waals surface area contributed by atoms with E-state index in [1.807, 2.05) is 0 Å². The highest BCUT2D eigenvalue weighted by Crippen LogP contribution is 2.32. The topological polar surface area (TPSA) is 49.9 Å². The van der Waals surface area contributed by atoms with Crippen LogP contribution in [0.25, 0.3) is 0 Å². The van der Waals surface area contributed by atoms with E-state index in [1.54, 1.807) is 0 Å². The largest absolute Gasteiger partial charge is 0.374 e. The van der Waals surface area contributed by atoms with E-state index in [1.165, 1.54) is 0 Å². The predicted octanol–water partition coefficient (Wildman–Crippen LogP) is -0.716. The van der Waals surface area contributed by atoms with Crippen molar-refractivity contribution in [2.45, 2.75) is 12.2 Å². The van der Waals surface area contributed by atoms with Gasteiger partial charge in [-0.3, -0.25) is 0 Å². The first-order chi connectivity index (χ1) is 4.57. The van der Waals surface area contributed by atoms with Gasteiger partial charge in [0.25, 0.3) is 0 Å². The van der Waals surface area contributed by atoms with E-state index in [2.05, 4.69) is 0 Å². The normalized spacial score (nSPS) is 39.7. The van der Waals surface area contributed by atoms with E-state index in [0.29, 0.717) is 0 Å². The monoisotopic (exact) mass is 167 g/mol. The molecule has 0 amide bonds. The van der Waals surface area contributed by atoms with E-state index < -0.39 is 10.4 Å². The molecule has 10 heavy (non-hydrogen) atoms. The van der Waals surface area contributed by atoms with Crippen molar-refractivity contribution in [3.8, 4) is 0 Å². The number of fused-ring (bicyclic) bond motifs is 1. The minimum Gasteiger partial charge on any atom is -0.367 e. The maximum absolute atomic E-state index is 12.1. The lowest BCUT2D eigenvalue weighted by Gasteiger charge is -2.09. The molecule has 0 N–H and O–H groups in total. The zero-order valence-corrected chi connectivity index (χ0v) is 5.84. The Morgan fingerprint density at radius 3 is 2.20 bits per heavy atom. The summed E-state index contributed by atoms with van der Waals surface area (Å²) in [7, 11) is -4.45. The van der Waals surface area contributed by atoms with Crippen molar-refractivity contribution in [1.82, 2.24) is 4.31 Å². The summed E-state index contributed by atoms with van der Waals surface area (Å²) >= 11 is 0. The van der Waals surface area contributed by atoms with Crippen molar-refractivity contribution < 1.29 is 17.0 Å². The third-order valence-electron chi connectivity index (χ3n) is 1.76. The van der Waals surface area contributed by atoms with Crippen LogP contribution >= 0.6 is 0 Å². The molecule has 2 atom stereocenters.